The van der Waals surface area contributed by atoms with Gasteiger partial charge in [-0.3, -0.25) is 9.59 Å². The van der Waals surface area contributed by atoms with Gasteiger partial charge in [0.15, 0.2) is 9.84 Å². The van der Waals surface area contributed by atoms with Crippen molar-refractivity contribution in [3.8, 4) is 0 Å². The Labute approximate surface area is 181 Å². The molecular weight excluding hydrogens is 424 g/mol. The minimum absolute atomic E-state index is 0.134. The van der Waals surface area contributed by atoms with E-state index in [1.165, 1.54) is 6.42 Å². The van der Waals surface area contributed by atoms with Gasteiger partial charge in [-0.2, -0.15) is 0 Å². The van der Waals surface area contributed by atoms with Gasteiger partial charge in [-0.15, -0.1) is 0 Å². The second kappa shape index (κ2) is 10.1. The molecule has 2 aromatic carbocycles. The van der Waals surface area contributed by atoms with Crippen LogP contribution in [0.3, 0.4) is 0 Å². The molecule has 0 atom stereocenters. The zero-order valence-corrected chi connectivity index (χ0v) is 18.1. The molecule has 0 spiro atoms. The van der Waals surface area contributed by atoms with E-state index in [-0.39, 0.29) is 17.7 Å². The Kier molecular flexibility index (Phi) is 7.50. The van der Waals surface area contributed by atoms with Gasteiger partial charge in [-0.1, -0.05) is 55.1 Å². The lowest BCUT2D eigenvalue weighted by atomic mass is 9.95. The number of amides is 2. The van der Waals surface area contributed by atoms with Gasteiger partial charge in [0.25, 0.3) is 5.91 Å². The van der Waals surface area contributed by atoms with Gasteiger partial charge in [0, 0.05) is 11.1 Å². The molecule has 0 radical (unpaired) electrons. The van der Waals surface area contributed by atoms with Crippen molar-refractivity contribution in [2.45, 2.75) is 43.9 Å². The first kappa shape index (κ1) is 22.3. The van der Waals surface area contributed by atoms with Crippen molar-refractivity contribution in [1.29, 1.82) is 0 Å². The van der Waals surface area contributed by atoms with E-state index in [1.807, 2.05) is 0 Å². The van der Waals surface area contributed by atoms with E-state index >= 15 is 0 Å². The number of hydrogen-bond acceptors (Lipinski definition) is 4. The van der Waals surface area contributed by atoms with Crippen LogP contribution < -0.4 is 10.6 Å². The second-order valence-corrected chi connectivity index (χ2v) is 10.1. The second-order valence-electron chi connectivity index (χ2n) is 7.56. The number of halogens is 1. The maximum atomic E-state index is 12.7. The number of anilines is 1. The quantitative estimate of drug-likeness (QED) is 0.670. The first-order chi connectivity index (χ1) is 14.3. The van der Waals surface area contributed by atoms with Crippen LogP contribution in [0.2, 0.25) is 5.02 Å². The molecule has 30 heavy (non-hydrogen) atoms. The standard InChI is InChI=1S/C22H25ClN2O4S/c23-17-12-10-16(11-13-17)14-30(28,29)15-21(26)25-20-9-5-4-8-19(20)22(27)24-18-6-2-1-3-7-18/h4-5,8-13,18H,1-3,6-7,14-15H2,(H,24,27)(H,25,26). The molecule has 0 saturated heterocycles. The summed E-state index contributed by atoms with van der Waals surface area (Å²) >= 11 is 5.81. The van der Waals surface area contributed by atoms with Crippen LogP contribution in [0.25, 0.3) is 0 Å². The summed E-state index contributed by atoms with van der Waals surface area (Å²) < 4.78 is 24.8. The van der Waals surface area contributed by atoms with Gasteiger partial charge in [0.1, 0.15) is 5.75 Å². The number of benzene rings is 2. The Morgan fingerprint density at radius 3 is 2.33 bits per heavy atom. The molecule has 2 N–H and O–H groups in total. The number of hydrogen-bond donors (Lipinski definition) is 2. The highest BCUT2D eigenvalue weighted by Crippen LogP contribution is 2.20. The average molecular weight is 449 g/mol. The fourth-order valence-corrected chi connectivity index (χ4v) is 4.97. The van der Waals surface area contributed by atoms with Crippen molar-refractivity contribution >= 4 is 38.9 Å². The Morgan fingerprint density at radius 1 is 0.967 bits per heavy atom. The van der Waals surface area contributed by atoms with Crippen molar-refractivity contribution in [3.63, 3.8) is 0 Å². The molecule has 1 aliphatic rings. The fourth-order valence-electron chi connectivity index (χ4n) is 3.57. The van der Waals surface area contributed by atoms with Gasteiger partial charge in [0.2, 0.25) is 5.91 Å². The highest BCUT2D eigenvalue weighted by atomic mass is 35.5. The molecular formula is C22H25ClN2O4S. The Morgan fingerprint density at radius 2 is 1.63 bits per heavy atom. The lowest BCUT2D eigenvalue weighted by Crippen LogP contribution is -2.36. The van der Waals surface area contributed by atoms with Gasteiger partial charge < -0.3 is 10.6 Å². The summed E-state index contributed by atoms with van der Waals surface area (Å²) in [6.07, 6.45) is 5.26. The normalized spacial score (nSPS) is 14.8. The molecule has 0 bridgehead atoms. The highest BCUT2D eigenvalue weighted by molar-refractivity contribution is 7.91. The minimum atomic E-state index is -3.68. The first-order valence-corrected chi connectivity index (χ1v) is 12.2. The largest absolute Gasteiger partial charge is 0.349 e. The molecule has 0 unspecified atom stereocenters. The van der Waals surface area contributed by atoms with Crippen molar-refractivity contribution < 1.29 is 18.0 Å². The maximum absolute atomic E-state index is 12.7. The van der Waals surface area contributed by atoms with E-state index in [0.29, 0.717) is 21.8 Å². The SMILES string of the molecule is O=C(CS(=O)(=O)Cc1ccc(Cl)cc1)Nc1ccccc1C(=O)NC1CCCCC1. The predicted octanol–water partition coefficient (Wildman–Crippen LogP) is 3.96. The number of rotatable bonds is 7. The summed E-state index contributed by atoms with van der Waals surface area (Å²) in [5.74, 6) is -1.88. The van der Waals surface area contributed by atoms with E-state index in [2.05, 4.69) is 10.6 Å². The monoisotopic (exact) mass is 448 g/mol. The number of sulfone groups is 1. The van der Waals surface area contributed by atoms with E-state index in [0.717, 1.165) is 25.7 Å². The van der Waals surface area contributed by atoms with Gasteiger partial charge in [-0.05, 0) is 42.7 Å². The third kappa shape index (κ3) is 6.57. The number of para-hydroxylation sites is 1. The van der Waals surface area contributed by atoms with Crippen LogP contribution >= 0.6 is 11.6 Å². The minimum Gasteiger partial charge on any atom is -0.349 e. The summed E-state index contributed by atoms with van der Waals surface area (Å²) in [6.45, 7) is 0. The van der Waals surface area contributed by atoms with Gasteiger partial charge in [0.05, 0.1) is 17.0 Å². The smallest absolute Gasteiger partial charge is 0.253 e. The Hall–Kier alpha value is -2.38. The molecule has 0 heterocycles. The number of carbonyl (C=O) groups is 2. The molecule has 160 valence electrons. The molecule has 1 aliphatic carbocycles. The van der Waals surface area contributed by atoms with Crippen LogP contribution in [0.4, 0.5) is 5.69 Å². The van der Waals surface area contributed by atoms with Crippen LogP contribution in [-0.2, 0) is 20.4 Å². The molecule has 0 aromatic heterocycles. The molecule has 3 rings (SSSR count). The summed E-state index contributed by atoms with van der Waals surface area (Å²) in [5.41, 5.74) is 1.18. The Balaban J connectivity index is 1.63. The lowest BCUT2D eigenvalue weighted by Gasteiger charge is -2.23. The molecule has 1 fully saturated rings. The zero-order valence-electron chi connectivity index (χ0n) is 16.6. The molecule has 2 amide bonds. The van der Waals surface area contributed by atoms with E-state index < -0.39 is 21.5 Å². The van der Waals surface area contributed by atoms with Gasteiger partial charge >= 0.3 is 0 Å². The topological polar surface area (TPSA) is 92.3 Å². The van der Waals surface area contributed by atoms with Crippen LogP contribution in [0.5, 0.6) is 0 Å². The lowest BCUT2D eigenvalue weighted by molar-refractivity contribution is -0.113. The van der Waals surface area contributed by atoms with E-state index in [4.69, 9.17) is 11.6 Å². The van der Waals surface area contributed by atoms with E-state index in [9.17, 15) is 18.0 Å². The number of carbonyl (C=O) groups excluding carboxylic acids is 2. The first-order valence-electron chi connectivity index (χ1n) is 9.97. The number of nitrogens with one attached hydrogen (secondary N) is 2. The van der Waals surface area contributed by atoms with Gasteiger partial charge in [-0.25, -0.2) is 8.42 Å². The summed E-state index contributed by atoms with van der Waals surface area (Å²) in [7, 11) is -3.68. The van der Waals surface area contributed by atoms with Crippen molar-refractivity contribution in [2.75, 3.05) is 11.1 Å². The third-order valence-corrected chi connectivity index (χ3v) is 6.76. The summed E-state index contributed by atoms with van der Waals surface area (Å²) in [6, 6.07) is 13.2. The molecule has 2 aromatic rings. The van der Waals surface area contributed by atoms with Crippen LogP contribution in [0.15, 0.2) is 48.5 Å². The summed E-state index contributed by atoms with van der Waals surface area (Å²) in [5, 5.41) is 6.11. The summed E-state index contributed by atoms with van der Waals surface area (Å²) in [4.78, 5) is 25.1. The van der Waals surface area contributed by atoms with Crippen LogP contribution in [0.1, 0.15) is 48.0 Å². The molecule has 0 aliphatic heterocycles. The van der Waals surface area contributed by atoms with Crippen molar-refractivity contribution in [2.24, 2.45) is 0 Å². The zero-order chi connectivity index (χ0) is 21.6. The van der Waals surface area contributed by atoms with Crippen molar-refractivity contribution in [3.05, 3.63) is 64.7 Å². The van der Waals surface area contributed by atoms with E-state index in [1.54, 1.807) is 48.5 Å². The Bertz CT molecular complexity index is 1000. The molecule has 1 saturated carbocycles. The maximum Gasteiger partial charge on any atom is 0.253 e. The average Bonchev–Trinajstić information content (AvgIpc) is 2.70. The van der Waals surface area contributed by atoms with Crippen LogP contribution in [-0.4, -0.2) is 32.0 Å². The van der Waals surface area contributed by atoms with Crippen molar-refractivity contribution in [1.82, 2.24) is 5.32 Å². The third-order valence-electron chi connectivity index (χ3n) is 5.04. The molecule has 8 heteroatoms. The van der Waals surface area contributed by atoms with Crippen LogP contribution in [0, 0.1) is 0 Å². The fraction of sp³-hybridized carbons (Fsp3) is 0.364. The molecule has 6 nitrogen and oxygen atoms in total. The highest BCUT2D eigenvalue weighted by Gasteiger charge is 2.21. The predicted molar refractivity (Wildman–Crippen MR) is 118 cm³/mol.